The Labute approximate surface area is 105 Å². The maximum absolute atomic E-state index is 11.4. The fourth-order valence-electron chi connectivity index (χ4n) is 1.19. The van der Waals surface area contributed by atoms with Gasteiger partial charge in [-0.3, -0.25) is 4.79 Å². The lowest BCUT2D eigenvalue weighted by molar-refractivity contribution is -0.119. The number of hydrogen-bond donors (Lipinski definition) is 2. The molecule has 1 heterocycles. The summed E-state index contributed by atoms with van der Waals surface area (Å²) in [7, 11) is 0. The summed E-state index contributed by atoms with van der Waals surface area (Å²) in [4.78, 5) is 15.3. The zero-order valence-electron chi connectivity index (χ0n) is 9.62. The van der Waals surface area contributed by atoms with Gasteiger partial charge in [-0.2, -0.15) is 5.26 Å². The third-order valence-electron chi connectivity index (χ3n) is 1.88. The van der Waals surface area contributed by atoms with Gasteiger partial charge in [0.25, 0.3) is 0 Å². The van der Waals surface area contributed by atoms with Gasteiger partial charge in [-0.05, 0) is 19.9 Å². The van der Waals surface area contributed by atoms with Crippen molar-refractivity contribution in [2.24, 2.45) is 0 Å². The second-order valence-corrected chi connectivity index (χ2v) is 4.09. The smallest absolute Gasteiger partial charge is 0.239 e. The van der Waals surface area contributed by atoms with E-state index in [1.165, 1.54) is 12.3 Å². The molecule has 0 unspecified atom stereocenters. The van der Waals surface area contributed by atoms with Gasteiger partial charge >= 0.3 is 0 Å². The molecule has 1 rings (SSSR count). The second kappa shape index (κ2) is 6.06. The number of anilines is 1. The van der Waals surface area contributed by atoms with E-state index < -0.39 is 0 Å². The average molecular weight is 253 g/mol. The van der Waals surface area contributed by atoms with Crippen LogP contribution in [0.1, 0.15) is 19.4 Å². The molecule has 1 aromatic rings. The van der Waals surface area contributed by atoms with Crippen molar-refractivity contribution in [3.8, 4) is 6.07 Å². The van der Waals surface area contributed by atoms with Gasteiger partial charge in [-0.1, -0.05) is 11.6 Å². The molecule has 0 saturated carbocycles. The third-order valence-corrected chi connectivity index (χ3v) is 2.26. The molecule has 1 amide bonds. The molecule has 0 saturated heterocycles. The summed E-state index contributed by atoms with van der Waals surface area (Å²) in [5, 5.41) is 14.5. The Kier molecular flexibility index (Phi) is 4.73. The molecule has 17 heavy (non-hydrogen) atoms. The van der Waals surface area contributed by atoms with Crippen LogP contribution in [-0.4, -0.2) is 23.5 Å². The van der Waals surface area contributed by atoms with Crippen LogP contribution in [0, 0.1) is 11.3 Å². The normalized spacial score (nSPS) is 9.82. The number of amides is 1. The Balaban J connectivity index is 2.64. The number of aromatic nitrogens is 1. The molecule has 0 aliphatic rings. The maximum Gasteiger partial charge on any atom is 0.239 e. The molecule has 0 aliphatic carbocycles. The average Bonchev–Trinajstić information content (AvgIpc) is 2.27. The number of nitrogens with one attached hydrogen (secondary N) is 2. The number of carbonyl (C=O) groups is 1. The van der Waals surface area contributed by atoms with E-state index >= 15 is 0 Å². The van der Waals surface area contributed by atoms with Crippen LogP contribution in [0.5, 0.6) is 0 Å². The Hall–Kier alpha value is -1.80. The van der Waals surface area contributed by atoms with Gasteiger partial charge in [0.15, 0.2) is 0 Å². The lowest BCUT2D eigenvalue weighted by Crippen LogP contribution is -2.35. The summed E-state index contributed by atoms with van der Waals surface area (Å²) in [6.07, 6.45) is 1.47. The molecule has 0 bridgehead atoms. The fraction of sp³-hybridized carbons (Fsp3) is 0.364. The molecule has 2 N–H and O–H groups in total. The Morgan fingerprint density at radius 1 is 1.65 bits per heavy atom. The molecular formula is C11H13ClN4O. The predicted molar refractivity (Wildman–Crippen MR) is 65.7 cm³/mol. The molecule has 0 aromatic carbocycles. The maximum atomic E-state index is 11.4. The quantitative estimate of drug-likeness (QED) is 0.852. The SMILES string of the molecule is CC(C)NC(=O)CNc1nccc(C#N)c1Cl. The van der Waals surface area contributed by atoms with Gasteiger partial charge < -0.3 is 10.6 Å². The van der Waals surface area contributed by atoms with Crippen LogP contribution in [0.4, 0.5) is 5.82 Å². The molecular weight excluding hydrogens is 240 g/mol. The summed E-state index contributed by atoms with van der Waals surface area (Å²) in [6, 6.07) is 3.54. The minimum atomic E-state index is -0.153. The van der Waals surface area contributed by atoms with Crippen molar-refractivity contribution < 1.29 is 4.79 Å². The van der Waals surface area contributed by atoms with Gasteiger partial charge in [0, 0.05) is 12.2 Å². The first-order valence-corrected chi connectivity index (χ1v) is 5.50. The van der Waals surface area contributed by atoms with Crippen LogP contribution in [0.2, 0.25) is 5.02 Å². The van der Waals surface area contributed by atoms with Gasteiger partial charge in [0.1, 0.15) is 16.9 Å². The van der Waals surface area contributed by atoms with E-state index in [0.717, 1.165) is 0 Å². The topological polar surface area (TPSA) is 77.8 Å². The predicted octanol–water partition coefficient (Wildman–Crippen LogP) is 1.54. The van der Waals surface area contributed by atoms with Crippen molar-refractivity contribution in [3.63, 3.8) is 0 Å². The summed E-state index contributed by atoms with van der Waals surface area (Å²) in [6.45, 7) is 3.82. The zero-order valence-corrected chi connectivity index (χ0v) is 10.4. The second-order valence-electron chi connectivity index (χ2n) is 3.71. The highest BCUT2D eigenvalue weighted by Crippen LogP contribution is 2.22. The zero-order chi connectivity index (χ0) is 12.8. The Bertz CT molecular complexity index is 453. The molecule has 6 heteroatoms. The monoisotopic (exact) mass is 252 g/mol. The largest absolute Gasteiger partial charge is 0.360 e. The number of nitrogens with zero attached hydrogens (tertiary/aromatic N) is 2. The van der Waals surface area contributed by atoms with Crippen molar-refractivity contribution in [1.29, 1.82) is 5.26 Å². The van der Waals surface area contributed by atoms with E-state index in [2.05, 4.69) is 15.6 Å². The molecule has 5 nitrogen and oxygen atoms in total. The number of halogens is 1. The van der Waals surface area contributed by atoms with E-state index in [1.807, 2.05) is 19.9 Å². The van der Waals surface area contributed by atoms with Gasteiger partial charge in [-0.15, -0.1) is 0 Å². The van der Waals surface area contributed by atoms with Crippen molar-refractivity contribution in [2.75, 3.05) is 11.9 Å². The molecule has 0 radical (unpaired) electrons. The Morgan fingerprint density at radius 3 is 2.94 bits per heavy atom. The van der Waals surface area contributed by atoms with Gasteiger partial charge in [0.05, 0.1) is 12.1 Å². The van der Waals surface area contributed by atoms with Gasteiger partial charge in [0.2, 0.25) is 5.91 Å². The molecule has 90 valence electrons. The lowest BCUT2D eigenvalue weighted by Gasteiger charge is -2.10. The summed E-state index contributed by atoms with van der Waals surface area (Å²) >= 11 is 5.92. The lowest BCUT2D eigenvalue weighted by atomic mass is 10.3. The molecule has 0 fully saturated rings. The molecule has 0 aliphatic heterocycles. The number of hydrogen-bond acceptors (Lipinski definition) is 4. The highest BCUT2D eigenvalue weighted by molar-refractivity contribution is 6.34. The van der Waals surface area contributed by atoms with E-state index in [4.69, 9.17) is 16.9 Å². The van der Waals surface area contributed by atoms with Crippen LogP contribution in [0.25, 0.3) is 0 Å². The first-order chi connectivity index (χ1) is 8.04. The molecule has 1 aromatic heterocycles. The number of carbonyl (C=O) groups excluding carboxylic acids is 1. The summed E-state index contributed by atoms with van der Waals surface area (Å²) in [5.74, 6) is 0.185. The van der Waals surface area contributed by atoms with E-state index in [0.29, 0.717) is 11.4 Å². The van der Waals surface area contributed by atoms with Crippen LogP contribution >= 0.6 is 11.6 Å². The summed E-state index contributed by atoms with van der Waals surface area (Å²) in [5.41, 5.74) is 0.327. The first-order valence-electron chi connectivity index (χ1n) is 5.12. The number of pyridine rings is 1. The van der Waals surface area contributed by atoms with E-state index in [9.17, 15) is 4.79 Å². The van der Waals surface area contributed by atoms with Crippen LogP contribution in [0.15, 0.2) is 12.3 Å². The summed E-state index contributed by atoms with van der Waals surface area (Å²) < 4.78 is 0. The Morgan fingerprint density at radius 2 is 2.35 bits per heavy atom. The minimum absolute atomic E-state index is 0.0692. The molecule has 0 atom stereocenters. The van der Waals surface area contributed by atoms with Crippen molar-refractivity contribution in [3.05, 3.63) is 22.8 Å². The van der Waals surface area contributed by atoms with Crippen LogP contribution in [-0.2, 0) is 4.79 Å². The van der Waals surface area contributed by atoms with Crippen LogP contribution in [0.3, 0.4) is 0 Å². The minimum Gasteiger partial charge on any atom is -0.360 e. The number of nitriles is 1. The van der Waals surface area contributed by atoms with Crippen molar-refractivity contribution in [2.45, 2.75) is 19.9 Å². The highest BCUT2D eigenvalue weighted by Gasteiger charge is 2.08. The standard InChI is InChI=1S/C11H13ClN4O/c1-7(2)16-9(17)6-15-11-10(12)8(5-13)3-4-14-11/h3-4,7H,6H2,1-2H3,(H,14,15)(H,16,17). The van der Waals surface area contributed by atoms with Crippen LogP contribution < -0.4 is 10.6 Å². The van der Waals surface area contributed by atoms with E-state index in [-0.39, 0.29) is 23.5 Å². The fourth-order valence-corrected chi connectivity index (χ4v) is 1.41. The van der Waals surface area contributed by atoms with E-state index in [1.54, 1.807) is 0 Å². The van der Waals surface area contributed by atoms with Crippen molar-refractivity contribution in [1.82, 2.24) is 10.3 Å². The molecule has 0 spiro atoms. The highest BCUT2D eigenvalue weighted by atomic mass is 35.5. The first kappa shape index (κ1) is 13.3. The van der Waals surface area contributed by atoms with Gasteiger partial charge in [-0.25, -0.2) is 4.98 Å². The third kappa shape index (κ3) is 3.93. The van der Waals surface area contributed by atoms with Crippen molar-refractivity contribution >= 4 is 23.3 Å². The number of rotatable bonds is 4.